The second kappa shape index (κ2) is 6.77. The van der Waals surface area contributed by atoms with E-state index in [2.05, 4.69) is 36.1 Å². The van der Waals surface area contributed by atoms with Crippen molar-refractivity contribution < 1.29 is 0 Å². The van der Waals surface area contributed by atoms with E-state index < -0.39 is 0 Å². The molecular weight excluding hydrogens is 354 g/mol. The highest BCUT2D eigenvalue weighted by atomic mass is 35.5. The highest BCUT2D eigenvalue weighted by molar-refractivity contribution is 6.28. The number of hydrogen-bond acceptors (Lipinski definition) is 3. The van der Waals surface area contributed by atoms with E-state index >= 15 is 0 Å². The molecule has 2 aliphatic carbocycles. The number of fused-ring (bicyclic) bond motifs is 3. The van der Waals surface area contributed by atoms with Gasteiger partial charge in [0.25, 0.3) is 0 Å². The Hall–Kier alpha value is -1.61. The normalized spacial score (nSPS) is 27.3. The standard InChI is InChI=1S/C23H28ClN3/c1-16-7-4-5-14-27(16)21-18-11-13-23(15-20(18)25-22(24)26-21)12-6-9-17-8-2-3-10-19(17)23/h2-3,8,10,16H,4-7,9,11-15H2,1H3/t16-,23?/m0/s1. The monoisotopic (exact) mass is 381 g/mol. The summed E-state index contributed by atoms with van der Waals surface area (Å²) in [6.45, 7) is 3.41. The van der Waals surface area contributed by atoms with E-state index in [0.717, 1.165) is 25.2 Å². The molecule has 2 heterocycles. The molecule has 3 nitrogen and oxygen atoms in total. The summed E-state index contributed by atoms with van der Waals surface area (Å²) in [6, 6.07) is 9.61. The Morgan fingerprint density at radius 2 is 1.96 bits per heavy atom. The number of nitrogens with zero attached hydrogens (tertiary/aromatic N) is 3. The molecule has 0 radical (unpaired) electrons. The molecule has 1 fully saturated rings. The van der Waals surface area contributed by atoms with Crippen LogP contribution in [-0.2, 0) is 24.7 Å². The number of aryl methyl sites for hydroxylation is 1. The first-order chi connectivity index (χ1) is 13.2. The zero-order valence-electron chi connectivity index (χ0n) is 16.2. The Morgan fingerprint density at radius 3 is 2.85 bits per heavy atom. The van der Waals surface area contributed by atoms with Crippen LogP contribution in [0.25, 0.3) is 0 Å². The fourth-order valence-electron chi connectivity index (χ4n) is 5.76. The van der Waals surface area contributed by atoms with Crippen molar-refractivity contribution >= 4 is 17.4 Å². The zero-order valence-corrected chi connectivity index (χ0v) is 16.9. The summed E-state index contributed by atoms with van der Waals surface area (Å²) in [6.07, 6.45) is 10.9. The maximum absolute atomic E-state index is 6.43. The summed E-state index contributed by atoms with van der Waals surface area (Å²) in [7, 11) is 0. The highest BCUT2D eigenvalue weighted by Crippen LogP contribution is 2.47. The Morgan fingerprint density at radius 1 is 1.07 bits per heavy atom. The fourth-order valence-corrected chi connectivity index (χ4v) is 5.95. The van der Waals surface area contributed by atoms with Crippen molar-refractivity contribution in [2.45, 2.75) is 76.2 Å². The average molecular weight is 382 g/mol. The van der Waals surface area contributed by atoms with Crippen molar-refractivity contribution in [3.05, 3.63) is 51.9 Å². The molecule has 1 aromatic carbocycles. The summed E-state index contributed by atoms with van der Waals surface area (Å²) >= 11 is 6.43. The summed E-state index contributed by atoms with van der Waals surface area (Å²) in [4.78, 5) is 12.0. The molecule has 1 spiro atoms. The van der Waals surface area contributed by atoms with Crippen LogP contribution in [0.1, 0.15) is 67.8 Å². The third-order valence-electron chi connectivity index (χ3n) is 7.17. The highest BCUT2D eigenvalue weighted by Gasteiger charge is 2.41. The zero-order chi connectivity index (χ0) is 18.4. The molecule has 4 heteroatoms. The maximum Gasteiger partial charge on any atom is 0.224 e. The molecule has 1 saturated heterocycles. The molecule has 2 atom stereocenters. The molecule has 0 amide bonds. The van der Waals surface area contributed by atoms with Crippen molar-refractivity contribution in [1.82, 2.24) is 9.97 Å². The third kappa shape index (κ3) is 2.95. The second-order valence-corrected chi connectivity index (χ2v) is 9.09. The molecule has 1 aromatic heterocycles. The number of benzene rings is 1. The van der Waals surface area contributed by atoms with Gasteiger partial charge in [-0.15, -0.1) is 0 Å². The van der Waals surface area contributed by atoms with E-state index in [1.165, 1.54) is 61.8 Å². The Balaban J connectivity index is 1.56. The van der Waals surface area contributed by atoms with Crippen molar-refractivity contribution in [2.75, 3.05) is 11.4 Å². The topological polar surface area (TPSA) is 29.0 Å². The van der Waals surface area contributed by atoms with E-state index in [1.807, 2.05) is 0 Å². The van der Waals surface area contributed by atoms with Crippen LogP contribution in [-0.4, -0.2) is 22.6 Å². The molecule has 0 N–H and O–H groups in total. The Labute approximate surface area is 167 Å². The Kier molecular flexibility index (Phi) is 4.39. The number of piperidine rings is 1. The summed E-state index contributed by atoms with van der Waals surface area (Å²) in [5, 5.41) is 0.419. The first-order valence-corrected chi connectivity index (χ1v) is 10.9. The minimum Gasteiger partial charge on any atom is -0.354 e. The summed E-state index contributed by atoms with van der Waals surface area (Å²) in [5.74, 6) is 1.12. The second-order valence-electron chi connectivity index (χ2n) is 8.75. The van der Waals surface area contributed by atoms with Gasteiger partial charge in [0.15, 0.2) is 0 Å². The number of hydrogen-bond donors (Lipinski definition) is 0. The average Bonchev–Trinajstić information content (AvgIpc) is 2.68. The van der Waals surface area contributed by atoms with Crippen molar-refractivity contribution in [3.63, 3.8) is 0 Å². The summed E-state index contributed by atoms with van der Waals surface area (Å²) in [5.41, 5.74) is 5.90. The van der Waals surface area contributed by atoms with Crippen molar-refractivity contribution in [1.29, 1.82) is 0 Å². The van der Waals surface area contributed by atoms with Crippen molar-refractivity contribution in [2.24, 2.45) is 0 Å². The van der Waals surface area contributed by atoms with E-state index in [4.69, 9.17) is 21.6 Å². The van der Waals surface area contributed by atoms with Crippen LogP contribution < -0.4 is 4.90 Å². The smallest absolute Gasteiger partial charge is 0.224 e. The first kappa shape index (κ1) is 17.5. The van der Waals surface area contributed by atoms with Gasteiger partial charge in [-0.3, -0.25) is 0 Å². The van der Waals surface area contributed by atoms with Gasteiger partial charge >= 0.3 is 0 Å². The van der Waals surface area contributed by atoms with Gasteiger partial charge in [-0.25, -0.2) is 9.97 Å². The third-order valence-corrected chi connectivity index (χ3v) is 7.34. The molecular formula is C23H28ClN3. The van der Waals surface area contributed by atoms with Gasteiger partial charge in [-0.05, 0) is 87.4 Å². The lowest BCUT2D eigenvalue weighted by Gasteiger charge is -2.44. The number of rotatable bonds is 1. The minimum atomic E-state index is 0.240. The van der Waals surface area contributed by atoms with Crippen LogP contribution in [0.5, 0.6) is 0 Å². The van der Waals surface area contributed by atoms with Gasteiger partial charge in [0.2, 0.25) is 5.28 Å². The molecule has 3 aliphatic rings. The van der Waals surface area contributed by atoms with Crippen LogP contribution in [0, 0.1) is 0 Å². The van der Waals surface area contributed by atoms with E-state index in [9.17, 15) is 0 Å². The van der Waals surface area contributed by atoms with E-state index in [-0.39, 0.29) is 5.41 Å². The van der Waals surface area contributed by atoms with Crippen LogP contribution >= 0.6 is 11.6 Å². The number of anilines is 1. The van der Waals surface area contributed by atoms with Crippen LogP contribution in [0.4, 0.5) is 5.82 Å². The van der Waals surface area contributed by atoms with Crippen molar-refractivity contribution in [3.8, 4) is 0 Å². The first-order valence-electron chi connectivity index (χ1n) is 10.6. The SMILES string of the molecule is C[C@H]1CCCCN1c1nc(Cl)nc2c1CCC1(CCCc3ccccc31)C2. The molecule has 1 aliphatic heterocycles. The van der Waals surface area contributed by atoms with E-state index in [1.54, 1.807) is 5.56 Å². The lowest BCUT2D eigenvalue weighted by molar-refractivity contribution is 0.312. The number of halogens is 1. The quantitative estimate of drug-likeness (QED) is 0.630. The van der Waals surface area contributed by atoms with Gasteiger partial charge in [-0.1, -0.05) is 24.3 Å². The van der Waals surface area contributed by atoms with Crippen LogP contribution in [0.3, 0.4) is 0 Å². The molecule has 0 bridgehead atoms. The molecule has 2 aromatic rings. The lowest BCUT2D eigenvalue weighted by Crippen LogP contribution is -2.41. The van der Waals surface area contributed by atoms with Gasteiger partial charge < -0.3 is 4.90 Å². The maximum atomic E-state index is 6.43. The van der Waals surface area contributed by atoms with Gasteiger partial charge in [0.05, 0.1) is 5.69 Å². The van der Waals surface area contributed by atoms with Gasteiger partial charge in [0, 0.05) is 23.6 Å². The molecule has 5 rings (SSSR count). The van der Waals surface area contributed by atoms with Crippen LogP contribution in [0.15, 0.2) is 24.3 Å². The van der Waals surface area contributed by atoms with E-state index in [0.29, 0.717) is 11.3 Å². The molecule has 27 heavy (non-hydrogen) atoms. The fraction of sp³-hybridized carbons (Fsp3) is 0.565. The predicted octanol–water partition coefficient (Wildman–Crippen LogP) is 5.27. The predicted molar refractivity (Wildman–Crippen MR) is 111 cm³/mol. The molecule has 142 valence electrons. The number of aromatic nitrogens is 2. The Bertz CT molecular complexity index is 865. The van der Waals surface area contributed by atoms with Gasteiger partial charge in [0.1, 0.15) is 5.82 Å². The largest absolute Gasteiger partial charge is 0.354 e. The molecule has 0 saturated carbocycles. The minimum absolute atomic E-state index is 0.240. The lowest BCUT2D eigenvalue weighted by atomic mass is 9.62. The summed E-state index contributed by atoms with van der Waals surface area (Å²) < 4.78 is 0. The van der Waals surface area contributed by atoms with Gasteiger partial charge in [-0.2, -0.15) is 0 Å². The van der Waals surface area contributed by atoms with Crippen LogP contribution in [0.2, 0.25) is 5.28 Å². The molecule has 1 unspecified atom stereocenters.